The molecule has 3 aromatic carbocycles. The van der Waals surface area contributed by atoms with Gasteiger partial charge >= 0.3 is 0 Å². The highest BCUT2D eigenvalue weighted by Crippen LogP contribution is 2.28. The number of aromatic nitrogens is 1. The zero-order valence-corrected chi connectivity index (χ0v) is 19.8. The van der Waals surface area contributed by atoms with Crippen LogP contribution < -0.4 is 23.2 Å². The summed E-state index contributed by atoms with van der Waals surface area (Å²) < 4.78 is 36.4. The zero-order valence-electron chi connectivity index (χ0n) is 19.0. The van der Waals surface area contributed by atoms with Crippen molar-refractivity contribution in [3.8, 4) is 28.1 Å². The van der Waals surface area contributed by atoms with E-state index in [4.69, 9.17) is 18.6 Å². The van der Waals surface area contributed by atoms with Crippen molar-refractivity contribution in [1.29, 1.82) is 0 Å². The fourth-order valence-electron chi connectivity index (χ4n) is 4.17. The van der Waals surface area contributed by atoms with Crippen LogP contribution in [0.2, 0.25) is 0 Å². The van der Waals surface area contributed by atoms with Gasteiger partial charge in [-0.3, -0.25) is 0 Å². The van der Waals surface area contributed by atoms with Gasteiger partial charge < -0.3 is 0 Å². The predicted octanol–water partition coefficient (Wildman–Crippen LogP) is 1.77. The van der Waals surface area contributed by atoms with E-state index in [9.17, 15) is 0 Å². The Labute approximate surface area is 196 Å². The van der Waals surface area contributed by atoms with Crippen LogP contribution in [-0.2, 0) is 0 Å². The fraction of sp³-hybridized carbons (Fsp3) is 0.148. The van der Waals surface area contributed by atoms with Crippen LogP contribution >= 0.6 is 0 Å². The summed E-state index contributed by atoms with van der Waals surface area (Å²) in [5.74, 6) is 0. The van der Waals surface area contributed by atoms with E-state index in [2.05, 4.69) is 117 Å². The van der Waals surface area contributed by atoms with Crippen LogP contribution in [0.1, 0.15) is 22.4 Å². The molecule has 4 aromatic rings. The summed E-state index contributed by atoms with van der Waals surface area (Å²) in [6.45, 7) is 8.79. The number of hydrogen-bond acceptors (Lipinski definition) is 4. The molecule has 0 N–H and O–H groups in total. The van der Waals surface area contributed by atoms with Crippen LogP contribution in [0.15, 0.2) is 84.9 Å². The molecule has 1 aromatic heterocycles. The number of halogens is 1. The summed E-state index contributed by atoms with van der Waals surface area (Å²) in [7, 11) is -4.94. The second kappa shape index (κ2) is 10.3. The lowest BCUT2D eigenvalue weighted by Gasteiger charge is -2.17. The normalized spacial score (nSPS) is 11.0. The summed E-state index contributed by atoms with van der Waals surface area (Å²) in [4.78, 5) is 0. The Morgan fingerprint density at radius 2 is 1.03 bits per heavy atom. The van der Waals surface area contributed by atoms with Gasteiger partial charge in [-0.25, -0.2) is 18.6 Å². The molecule has 0 spiro atoms. The molecular formula is C27H26ClNO4. The van der Waals surface area contributed by atoms with Gasteiger partial charge in [0.2, 0.25) is 11.4 Å². The van der Waals surface area contributed by atoms with E-state index in [1.54, 1.807) is 0 Å². The highest BCUT2D eigenvalue weighted by Gasteiger charge is 2.24. The first-order chi connectivity index (χ1) is 15.5. The van der Waals surface area contributed by atoms with Gasteiger partial charge in [0.1, 0.15) is 0 Å². The van der Waals surface area contributed by atoms with Gasteiger partial charge in [0.05, 0.1) is 0 Å². The predicted molar refractivity (Wildman–Crippen MR) is 118 cm³/mol. The molecule has 0 bridgehead atoms. The molecule has 0 radical (unpaired) electrons. The first-order valence-corrected chi connectivity index (χ1v) is 11.7. The lowest BCUT2D eigenvalue weighted by molar-refractivity contribution is -2.00. The zero-order chi connectivity index (χ0) is 24.2. The van der Waals surface area contributed by atoms with Crippen molar-refractivity contribution in [2.75, 3.05) is 0 Å². The Morgan fingerprint density at radius 3 is 1.52 bits per heavy atom. The second-order valence-electron chi connectivity index (χ2n) is 7.96. The molecule has 33 heavy (non-hydrogen) atoms. The average molecular weight is 464 g/mol. The molecule has 0 aliphatic heterocycles. The van der Waals surface area contributed by atoms with Crippen molar-refractivity contribution >= 4 is 0 Å². The molecule has 0 amide bonds. The van der Waals surface area contributed by atoms with Crippen LogP contribution in [0, 0.1) is 37.9 Å². The Hall–Kier alpha value is -3.06. The molecule has 170 valence electrons. The highest BCUT2D eigenvalue weighted by atomic mass is 35.7. The van der Waals surface area contributed by atoms with E-state index in [1.165, 1.54) is 50.5 Å². The number of aryl methyl sites for hydroxylation is 4. The van der Waals surface area contributed by atoms with Crippen molar-refractivity contribution in [1.82, 2.24) is 0 Å². The Morgan fingerprint density at radius 1 is 0.576 bits per heavy atom. The fourth-order valence-corrected chi connectivity index (χ4v) is 4.17. The average Bonchev–Trinajstić information content (AvgIpc) is 2.74. The number of rotatable bonds is 3. The third-order valence-electron chi connectivity index (χ3n) is 5.29. The largest absolute Gasteiger partial charge is 0.222 e. The monoisotopic (exact) mass is 463 g/mol. The minimum Gasteiger partial charge on any atom is -0.222 e. The van der Waals surface area contributed by atoms with Gasteiger partial charge in [-0.1, -0.05) is 54.1 Å². The molecule has 0 aliphatic carbocycles. The van der Waals surface area contributed by atoms with Gasteiger partial charge in [-0.2, -0.15) is 4.57 Å². The minimum absolute atomic E-state index is 1.22. The molecule has 0 fully saturated rings. The Kier molecular flexibility index (Phi) is 7.64. The number of hydrogen-bond donors (Lipinski definition) is 0. The summed E-state index contributed by atoms with van der Waals surface area (Å²) in [5.41, 5.74) is 11.3. The van der Waals surface area contributed by atoms with E-state index in [0.717, 1.165) is 0 Å². The van der Waals surface area contributed by atoms with E-state index in [1.807, 2.05) is 0 Å². The molecule has 0 saturated carbocycles. The SMILES string of the molecule is Cc1cc(C)c(-[n+]2c(C)cc(-c3ccccc3)cc2-c2ccccc2)c(C)c1.[O-][Cl+3]([O-])([O-])[O-]. The third kappa shape index (κ3) is 6.48. The lowest BCUT2D eigenvalue weighted by atomic mass is 9.99. The maximum Gasteiger partial charge on any atom is 0.219 e. The van der Waals surface area contributed by atoms with Gasteiger partial charge in [-0.05, 0) is 56.2 Å². The first kappa shape index (κ1) is 24.6. The summed E-state index contributed by atoms with van der Waals surface area (Å²) >= 11 is 0. The lowest BCUT2D eigenvalue weighted by Crippen LogP contribution is -2.68. The van der Waals surface area contributed by atoms with Gasteiger partial charge in [0, 0.05) is 35.7 Å². The molecule has 0 saturated heterocycles. The molecule has 4 rings (SSSR count). The number of pyridine rings is 1. The standard InChI is InChI=1S/C27H26N.ClHO4/c1-19-15-20(2)27(21(3)16-19)28-22(4)17-25(23-11-7-5-8-12-23)18-26(28)24-13-9-6-10-14-24;2-1(3,4)5/h5-18H,1-4H3;(H,2,3,4,5)/q+1;/p-1. The van der Waals surface area contributed by atoms with E-state index < -0.39 is 10.2 Å². The quantitative estimate of drug-likeness (QED) is 0.432. The molecular weight excluding hydrogens is 438 g/mol. The molecule has 0 aliphatic rings. The molecule has 0 atom stereocenters. The topological polar surface area (TPSA) is 96.1 Å². The maximum absolute atomic E-state index is 8.49. The third-order valence-corrected chi connectivity index (χ3v) is 5.29. The Balaban J connectivity index is 0.000000555. The van der Waals surface area contributed by atoms with Gasteiger partial charge in [0.25, 0.3) is 0 Å². The van der Waals surface area contributed by atoms with Crippen LogP contribution in [0.4, 0.5) is 0 Å². The van der Waals surface area contributed by atoms with Crippen LogP contribution in [0.3, 0.4) is 0 Å². The summed E-state index contributed by atoms with van der Waals surface area (Å²) in [5, 5.41) is 0. The van der Waals surface area contributed by atoms with Crippen LogP contribution in [-0.4, -0.2) is 0 Å². The van der Waals surface area contributed by atoms with Crippen molar-refractivity contribution in [3.63, 3.8) is 0 Å². The second-order valence-corrected chi connectivity index (χ2v) is 8.72. The van der Waals surface area contributed by atoms with E-state index in [0.29, 0.717) is 0 Å². The first-order valence-electron chi connectivity index (χ1n) is 10.4. The van der Waals surface area contributed by atoms with Crippen LogP contribution in [0.25, 0.3) is 28.1 Å². The molecule has 6 heteroatoms. The van der Waals surface area contributed by atoms with E-state index in [-0.39, 0.29) is 0 Å². The molecule has 1 heterocycles. The van der Waals surface area contributed by atoms with Crippen molar-refractivity contribution < 1.29 is 33.4 Å². The summed E-state index contributed by atoms with van der Waals surface area (Å²) in [6, 6.07) is 30.5. The van der Waals surface area contributed by atoms with Crippen molar-refractivity contribution in [3.05, 3.63) is 107 Å². The maximum atomic E-state index is 8.49. The number of nitrogens with zero attached hydrogens (tertiary/aromatic N) is 1. The van der Waals surface area contributed by atoms with Gasteiger partial charge in [0.15, 0.2) is 5.69 Å². The minimum atomic E-state index is -4.94. The van der Waals surface area contributed by atoms with Crippen molar-refractivity contribution in [2.24, 2.45) is 0 Å². The molecule has 0 unspecified atom stereocenters. The highest BCUT2D eigenvalue weighted by molar-refractivity contribution is 5.69. The van der Waals surface area contributed by atoms with Crippen molar-refractivity contribution in [2.45, 2.75) is 27.7 Å². The van der Waals surface area contributed by atoms with E-state index >= 15 is 0 Å². The van der Waals surface area contributed by atoms with Gasteiger partial charge in [-0.15, -0.1) is 10.2 Å². The smallest absolute Gasteiger partial charge is 0.219 e. The summed E-state index contributed by atoms with van der Waals surface area (Å²) in [6.07, 6.45) is 0. The van der Waals surface area contributed by atoms with Crippen LogP contribution in [0.5, 0.6) is 0 Å². The molecule has 5 nitrogen and oxygen atoms in total. The Bertz CT molecular complexity index is 1210. The number of benzene rings is 3.